The molecule has 0 aliphatic carbocycles. The number of ketones is 1. The first kappa shape index (κ1) is 11.3. The van der Waals surface area contributed by atoms with Gasteiger partial charge in [0.2, 0.25) is 0 Å². The van der Waals surface area contributed by atoms with Gasteiger partial charge in [-0.05, 0) is 45.2 Å². The van der Waals surface area contributed by atoms with E-state index >= 15 is 0 Å². The Hall–Kier alpha value is -1.15. The molecule has 16 heavy (non-hydrogen) atoms. The van der Waals surface area contributed by atoms with Gasteiger partial charge in [0, 0.05) is 5.56 Å². The smallest absolute Gasteiger partial charge is 0.182 e. The van der Waals surface area contributed by atoms with Gasteiger partial charge in [-0.15, -0.1) is 0 Å². The summed E-state index contributed by atoms with van der Waals surface area (Å²) < 4.78 is 0. The summed E-state index contributed by atoms with van der Waals surface area (Å²) in [4.78, 5) is 12.5. The van der Waals surface area contributed by atoms with Crippen molar-refractivity contribution >= 4 is 5.78 Å². The van der Waals surface area contributed by atoms with E-state index in [-0.39, 0.29) is 11.3 Å². The first-order valence-corrected chi connectivity index (χ1v) is 5.99. The van der Waals surface area contributed by atoms with Gasteiger partial charge in [-0.1, -0.05) is 24.3 Å². The summed E-state index contributed by atoms with van der Waals surface area (Å²) in [5, 5.41) is 3.37. The fourth-order valence-corrected chi connectivity index (χ4v) is 2.37. The lowest BCUT2D eigenvalue weighted by Gasteiger charge is -2.33. The van der Waals surface area contributed by atoms with Crippen LogP contribution in [0.3, 0.4) is 0 Å². The van der Waals surface area contributed by atoms with Gasteiger partial charge in [-0.2, -0.15) is 0 Å². The van der Waals surface area contributed by atoms with Crippen LogP contribution in [0.1, 0.15) is 42.1 Å². The van der Waals surface area contributed by atoms with Crippen LogP contribution in [-0.4, -0.2) is 17.9 Å². The van der Waals surface area contributed by atoms with E-state index in [1.54, 1.807) is 0 Å². The number of rotatable bonds is 2. The molecule has 1 aliphatic heterocycles. The third-order valence-corrected chi connectivity index (χ3v) is 3.51. The maximum absolute atomic E-state index is 12.5. The van der Waals surface area contributed by atoms with Gasteiger partial charge in [0.05, 0.1) is 5.54 Å². The molecule has 1 N–H and O–H groups in total. The molecule has 2 nitrogen and oxygen atoms in total. The summed E-state index contributed by atoms with van der Waals surface area (Å²) in [5.41, 5.74) is 1.57. The SMILES string of the molecule is Cc1ccccc1C(=O)C1(C)CCCCN1. The van der Waals surface area contributed by atoms with Crippen molar-refractivity contribution in [3.05, 3.63) is 35.4 Å². The molecule has 1 aromatic carbocycles. The minimum atomic E-state index is -0.357. The van der Waals surface area contributed by atoms with E-state index in [0.29, 0.717) is 0 Å². The number of hydrogen-bond donors (Lipinski definition) is 1. The maximum atomic E-state index is 12.5. The van der Waals surface area contributed by atoms with Gasteiger partial charge in [-0.25, -0.2) is 0 Å². The van der Waals surface area contributed by atoms with E-state index in [1.807, 2.05) is 38.1 Å². The normalized spacial score (nSPS) is 25.4. The monoisotopic (exact) mass is 217 g/mol. The van der Waals surface area contributed by atoms with E-state index < -0.39 is 0 Å². The van der Waals surface area contributed by atoms with Crippen molar-refractivity contribution < 1.29 is 4.79 Å². The molecule has 1 aliphatic rings. The number of benzene rings is 1. The number of hydrogen-bond acceptors (Lipinski definition) is 2. The molecule has 0 spiro atoms. The highest BCUT2D eigenvalue weighted by Gasteiger charge is 2.35. The first-order valence-electron chi connectivity index (χ1n) is 5.99. The summed E-state index contributed by atoms with van der Waals surface area (Å²) in [5.74, 6) is 0.241. The standard InChI is InChI=1S/C14H19NO/c1-11-7-3-4-8-12(11)13(16)14(2)9-5-6-10-15-14/h3-4,7-8,15H,5-6,9-10H2,1-2H3. The van der Waals surface area contributed by atoms with Crippen molar-refractivity contribution in [3.63, 3.8) is 0 Å². The molecule has 0 bridgehead atoms. The number of aryl methyl sites for hydroxylation is 1. The van der Waals surface area contributed by atoms with E-state index in [0.717, 1.165) is 30.5 Å². The van der Waals surface area contributed by atoms with Gasteiger partial charge < -0.3 is 5.32 Å². The van der Waals surface area contributed by atoms with Crippen LogP contribution in [0.5, 0.6) is 0 Å². The minimum absolute atomic E-state index is 0.241. The highest BCUT2D eigenvalue weighted by atomic mass is 16.1. The Morgan fingerprint density at radius 3 is 2.69 bits per heavy atom. The van der Waals surface area contributed by atoms with Gasteiger partial charge in [0.1, 0.15) is 0 Å². The Morgan fingerprint density at radius 1 is 1.31 bits per heavy atom. The lowest BCUT2D eigenvalue weighted by molar-refractivity contribution is 0.0834. The Bertz CT molecular complexity index is 391. The number of carbonyl (C=O) groups excluding carboxylic acids is 1. The van der Waals surface area contributed by atoms with Crippen LogP contribution in [0.2, 0.25) is 0 Å². The molecule has 1 fully saturated rings. The zero-order valence-corrected chi connectivity index (χ0v) is 10.0. The Morgan fingerprint density at radius 2 is 2.06 bits per heavy atom. The number of nitrogens with one attached hydrogen (secondary N) is 1. The molecule has 0 saturated carbocycles. The molecular weight excluding hydrogens is 198 g/mol. The van der Waals surface area contributed by atoms with Gasteiger partial charge in [-0.3, -0.25) is 4.79 Å². The van der Waals surface area contributed by atoms with E-state index in [1.165, 1.54) is 6.42 Å². The average Bonchev–Trinajstić information content (AvgIpc) is 2.30. The molecule has 1 saturated heterocycles. The van der Waals surface area contributed by atoms with Crippen LogP contribution >= 0.6 is 0 Å². The van der Waals surface area contributed by atoms with Crippen molar-refractivity contribution in [2.75, 3.05) is 6.54 Å². The lowest BCUT2D eigenvalue weighted by Crippen LogP contribution is -2.52. The molecule has 1 aromatic rings. The van der Waals surface area contributed by atoms with Crippen LogP contribution in [0.25, 0.3) is 0 Å². The van der Waals surface area contributed by atoms with Crippen molar-refractivity contribution in [3.8, 4) is 0 Å². The second-order valence-electron chi connectivity index (χ2n) is 4.86. The van der Waals surface area contributed by atoms with Gasteiger partial charge in [0.15, 0.2) is 5.78 Å². The Balaban J connectivity index is 2.28. The highest BCUT2D eigenvalue weighted by molar-refractivity contribution is 6.04. The summed E-state index contributed by atoms with van der Waals surface area (Å²) in [6, 6.07) is 7.84. The zero-order chi connectivity index (χ0) is 11.6. The molecule has 2 heteroatoms. The lowest BCUT2D eigenvalue weighted by atomic mass is 9.82. The predicted molar refractivity (Wildman–Crippen MR) is 65.8 cm³/mol. The second-order valence-corrected chi connectivity index (χ2v) is 4.86. The summed E-state index contributed by atoms with van der Waals surface area (Å²) in [6.45, 7) is 4.98. The van der Waals surface area contributed by atoms with Crippen molar-refractivity contribution in [1.82, 2.24) is 5.32 Å². The summed E-state index contributed by atoms with van der Waals surface area (Å²) in [7, 11) is 0. The first-order chi connectivity index (χ1) is 7.63. The van der Waals surface area contributed by atoms with Gasteiger partial charge >= 0.3 is 0 Å². The van der Waals surface area contributed by atoms with Crippen molar-refractivity contribution in [2.45, 2.75) is 38.6 Å². The average molecular weight is 217 g/mol. The van der Waals surface area contributed by atoms with E-state index in [4.69, 9.17) is 0 Å². The molecule has 0 aromatic heterocycles. The molecule has 1 atom stereocenters. The third kappa shape index (κ3) is 2.03. The van der Waals surface area contributed by atoms with Crippen LogP contribution in [0, 0.1) is 6.92 Å². The predicted octanol–water partition coefficient (Wildman–Crippen LogP) is 2.71. The third-order valence-electron chi connectivity index (χ3n) is 3.51. The quantitative estimate of drug-likeness (QED) is 0.772. The molecular formula is C14H19NO. The van der Waals surface area contributed by atoms with Crippen LogP contribution in [0.15, 0.2) is 24.3 Å². The summed E-state index contributed by atoms with van der Waals surface area (Å²) >= 11 is 0. The van der Waals surface area contributed by atoms with Crippen LogP contribution < -0.4 is 5.32 Å². The molecule has 1 unspecified atom stereocenters. The molecule has 0 amide bonds. The summed E-state index contributed by atoms with van der Waals surface area (Å²) in [6.07, 6.45) is 3.26. The molecule has 2 rings (SSSR count). The number of piperidine rings is 1. The molecule has 0 radical (unpaired) electrons. The number of carbonyl (C=O) groups is 1. The largest absolute Gasteiger partial charge is 0.305 e. The van der Waals surface area contributed by atoms with E-state index in [2.05, 4.69) is 5.32 Å². The van der Waals surface area contributed by atoms with E-state index in [9.17, 15) is 4.79 Å². The molecule has 86 valence electrons. The fourth-order valence-electron chi connectivity index (χ4n) is 2.37. The van der Waals surface area contributed by atoms with Crippen LogP contribution in [-0.2, 0) is 0 Å². The fraction of sp³-hybridized carbons (Fsp3) is 0.500. The topological polar surface area (TPSA) is 29.1 Å². The highest BCUT2D eigenvalue weighted by Crippen LogP contribution is 2.24. The Kier molecular flexibility index (Phi) is 3.10. The van der Waals surface area contributed by atoms with Gasteiger partial charge in [0.25, 0.3) is 0 Å². The van der Waals surface area contributed by atoms with Crippen molar-refractivity contribution in [2.24, 2.45) is 0 Å². The second kappa shape index (κ2) is 4.38. The minimum Gasteiger partial charge on any atom is -0.305 e. The van der Waals surface area contributed by atoms with Crippen LogP contribution in [0.4, 0.5) is 0 Å². The van der Waals surface area contributed by atoms with Crippen molar-refractivity contribution in [1.29, 1.82) is 0 Å². The zero-order valence-electron chi connectivity index (χ0n) is 10.0. The maximum Gasteiger partial charge on any atom is 0.182 e. The number of Topliss-reactive ketones (excluding diaryl/α,β-unsaturated/α-hetero) is 1. The molecule has 1 heterocycles. The Labute approximate surface area is 97.1 Å².